The molecule has 0 atom stereocenters. The SMILES string of the molecule is NCc1cccc(-c2ccc3cc(I)ccc3c2)c1. The monoisotopic (exact) mass is 359 g/mol. The lowest BCUT2D eigenvalue weighted by molar-refractivity contribution is 1.07. The molecule has 0 aromatic heterocycles. The first kappa shape index (κ1) is 12.6. The number of rotatable bonds is 2. The minimum Gasteiger partial charge on any atom is -0.326 e. The van der Waals surface area contributed by atoms with Crippen LogP contribution < -0.4 is 5.73 Å². The molecule has 3 aromatic rings. The second kappa shape index (κ2) is 5.31. The summed E-state index contributed by atoms with van der Waals surface area (Å²) < 4.78 is 1.27. The fourth-order valence-electron chi connectivity index (χ4n) is 2.27. The van der Waals surface area contributed by atoms with Gasteiger partial charge in [0, 0.05) is 10.1 Å². The Morgan fingerprint density at radius 1 is 0.789 bits per heavy atom. The highest BCUT2D eigenvalue weighted by molar-refractivity contribution is 14.1. The maximum Gasteiger partial charge on any atom is 0.0178 e. The average Bonchev–Trinajstić information content (AvgIpc) is 2.46. The molecular weight excluding hydrogens is 345 g/mol. The molecule has 0 heterocycles. The molecule has 0 unspecified atom stereocenters. The zero-order valence-electron chi connectivity index (χ0n) is 10.4. The third kappa shape index (κ3) is 2.65. The van der Waals surface area contributed by atoms with Gasteiger partial charge in [-0.3, -0.25) is 0 Å². The molecule has 0 aliphatic carbocycles. The highest BCUT2D eigenvalue weighted by Gasteiger charge is 2.01. The fourth-order valence-corrected chi connectivity index (χ4v) is 2.79. The standard InChI is InChI=1S/C17H14IN/c18-17-7-6-15-9-14(4-5-16(15)10-17)13-3-1-2-12(8-13)11-19/h1-10H,11,19H2. The second-order valence-corrected chi connectivity index (χ2v) is 5.86. The summed E-state index contributed by atoms with van der Waals surface area (Å²) in [6.07, 6.45) is 0. The molecule has 0 fully saturated rings. The van der Waals surface area contributed by atoms with Gasteiger partial charge < -0.3 is 5.73 Å². The van der Waals surface area contributed by atoms with Crippen molar-refractivity contribution < 1.29 is 0 Å². The van der Waals surface area contributed by atoms with Crippen LogP contribution in [0, 0.1) is 3.57 Å². The van der Waals surface area contributed by atoms with E-state index < -0.39 is 0 Å². The predicted octanol–water partition coefficient (Wildman–Crippen LogP) is 4.57. The van der Waals surface area contributed by atoms with Crippen molar-refractivity contribution in [1.82, 2.24) is 0 Å². The van der Waals surface area contributed by atoms with Gasteiger partial charge in [-0.1, -0.05) is 36.4 Å². The smallest absolute Gasteiger partial charge is 0.0178 e. The van der Waals surface area contributed by atoms with E-state index in [1.165, 1.54) is 31.0 Å². The molecule has 0 radical (unpaired) electrons. The van der Waals surface area contributed by atoms with Gasteiger partial charge >= 0.3 is 0 Å². The van der Waals surface area contributed by atoms with Gasteiger partial charge in [0.05, 0.1) is 0 Å². The van der Waals surface area contributed by atoms with Crippen LogP contribution >= 0.6 is 22.6 Å². The van der Waals surface area contributed by atoms with E-state index in [0.29, 0.717) is 6.54 Å². The summed E-state index contributed by atoms with van der Waals surface area (Å²) in [4.78, 5) is 0. The third-order valence-electron chi connectivity index (χ3n) is 3.30. The van der Waals surface area contributed by atoms with Gasteiger partial charge in [0.25, 0.3) is 0 Å². The van der Waals surface area contributed by atoms with Crippen LogP contribution in [0.1, 0.15) is 5.56 Å². The Morgan fingerprint density at radius 3 is 2.37 bits per heavy atom. The Hall–Kier alpha value is -1.39. The summed E-state index contributed by atoms with van der Waals surface area (Å²) in [6.45, 7) is 0.583. The number of halogens is 1. The van der Waals surface area contributed by atoms with Crippen LogP contribution in [0.3, 0.4) is 0 Å². The first-order valence-corrected chi connectivity index (χ1v) is 7.33. The molecule has 2 heteroatoms. The lowest BCUT2D eigenvalue weighted by Gasteiger charge is -2.06. The van der Waals surface area contributed by atoms with Crippen molar-refractivity contribution in [3.05, 3.63) is 69.8 Å². The molecule has 0 saturated carbocycles. The molecule has 19 heavy (non-hydrogen) atoms. The topological polar surface area (TPSA) is 26.0 Å². The number of benzene rings is 3. The average molecular weight is 359 g/mol. The van der Waals surface area contributed by atoms with Crippen LogP contribution in [0.15, 0.2) is 60.7 Å². The predicted molar refractivity (Wildman–Crippen MR) is 90.0 cm³/mol. The summed E-state index contributed by atoms with van der Waals surface area (Å²) >= 11 is 2.34. The summed E-state index contributed by atoms with van der Waals surface area (Å²) in [6, 6.07) is 21.5. The molecule has 0 aliphatic rings. The summed E-state index contributed by atoms with van der Waals surface area (Å²) in [5, 5.41) is 2.56. The van der Waals surface area contributed by atoms with Crippen molar-refractivity contribution in [3.8, 4) is 11.1 Å². The van der Waals surface area contributed by atoms with E-state index in [1.807, 2.05) is 0 Å². The fraction of sp³-hybridized carbons (Fsp3) is 0.0588. The van der Waals surface area contributed by atoms with Gasteiger partial charge in [0.2, 0.25) is 0 Å². The highest BCUT2D eigenvalue weighted by atomic mass is 127. The molecule has 0 saturated heterocycles. The van der Waals surface area contributed by atoms with Gasteiger partial charge in [0.1, 0.15) is 0 Å². The van der Waals surface area contributed by atoms with Gasteiger partial charge in [-0.15, -0.1) is 0 Å². The maximum absolute atomic E-state index is 5.70. The Labute approximate surface area is 126 Å². The molecule has 3 rings (SSSR count). The summed E-state index contributed by atoms with van der Waals surface area (Å²) in [5.74, 6) is 0. The van der Waals surface area contributed by atoms with Crippen molar-refractivity contribution in [2.45, 2.75) is 6.54 Å². The van der Waals surface area contributed by atoms with Crippen molar-refractivity contribution in [2.24, 2.45) is 5.73 Å². The normalized spacial score (nSPS) is 10.8. The second-order valence-electron chi connectivity index (χ2n) is 4.61. The quantitative estimate of drug-likeness (QED) is 0.667. The van der Waals surface area contributed by atoms with Crippen molar-refractivity contribution in [2.75, 3.05) is 0 Å². The molecule has 0 aliphatic heterocycles. The van der Waals surface area contributed by atoms with Gasteiger partial charge in [-0.25, -0.2) is 0 Å². The van der Waals surface area contributed by atoms with E-state index in [-0.39, 0.29) is 0 Å². The third-order valence-corrected chi connectivity index (χ3v) is 3.97. The lowest BCUT2D eigenvalue weighted by atomic mass is 10.00. The molecule has 3 aromatic carbocycles. The molecule has 0 spiro atoms. The van der Waals surface area contributed by atoms with E-state index in [0.717, 1.165) is 0 Å². The van der Waals surface area contributed by atoms with Gasteiger partial charge in [0.15, 0.2) is 0 Å². The summed E-state index contributed by atoms with van der Waals surface area (Å²) in [7, 11) is 0. The van der Waals surface area contributed by atoms with Crippen LogP contribution in [-0.4, -0.2) is 0 Å². The zero-order valence-corrected chi connectivity index (χ0v) is 12.6. The van der Waals surface area contributed by atoms with E-state index >= 15 is 0 Å². The van der Waals surface area contributed by atoms with E-state index in [2.05, 4.69) is 83.3 Å². The number of nitrogens with two attached hydrogens (primary N) is 1. The lowest BCUT2D eigenvalue weighted by Crippen LogP contribution is -1.95. The minimum absolute atomic E-state index is 0.583. The van der Waals surface area contributed by atoms with Crippen molar-refractivity contribution >= 4 is 33.4 Å². The Kier molecular flexibility index (Phi) is 3.53. The van der Waals surface area contributed by atoms with E-state index in [1.54, 1.807) is 0 Å². The Bertz CT molecular complexity index is 734. The Balaban J connectivity index is 2.12. The Morgan fingerprint density at radius 2 is 1.53 bits per heavy atom. The molecule has 2 N–H and O–H groups in total. The van der Waals surface area contributed by atoms with E-state index in [9.17, 15) is 0 Å². The summed E-state index contributed by atoms with van der Waals surface area (Å²) in [5.41, 5.74) is 9.34. The molecular formula is C17H14IN. The van der Waals surface area contributed by atoms with Crippen molar-refractivity contribution in [1.29, 1.82) is 0 Å². The van der Waals surface area contributed by atoms with Gasteiger partial charge in [-0.2, -0.15) is 0 Å². The number of fused-ring (bicyclic) bond motifs is 1. The van der Waals surface area contributed by atoms with Gasteiger partial charge in [-0.05, 0) is 74.3 Å². The molecule has 0 bridgehead atoms. The van der Waals surface area contributed by atoms with E-state index in [4.69, 9.17) is 5.73 Å². The van der Waals surface area contributed by atoms with Crippen LogP contribution in [0.5, 0.6) is 0 Å². The maximum atomic E-state index is 5.70. The zero-order chi connectivity index (χ0) is 13.2. The van der Waals surface area contributed by atoms with Crippen molar-refractivity contribution in [3.63, 3.8) is 0 Å². The number of hydrogen-bond acceptors (Lipinski definition) is 1. The first-order valence-electron chi connectivity index (χ1n) is 6.25. The van der Waals surface area contributed by atoms with Crippen LogP contribution in [0.4, 0.5) is 0 Å². The highest BCUT2D eigenvalue weighted by Crippen LogP contribution is 2.26. The molecule has 94 valence electrons. The molecule has 0 amide bonds. The largest absolute Gasteiger partial charge is 0.326 e. The van der Waals surface area contributed by atoms with Crippen LogP contribution in [0.25, 0.3) is 21.9 Å². The molecule has 1 nitrogen and oxygen atoms in total. The van der Waals surface area contributed by atoms with Crippen LogP contribution in [-0.2, 0) is 6.54 Å². The number of hydrogen-bond donors (Lipinski definition) is 1. The first-order chi connectivity index (χ1) is 9.26. The van der Waals surface area contributed by atoms with Crippen LogP contribution in [0.2, 0.25) is 0 Å². The minimum atomic E-state index is 0.583.